The molecule has 0 aliphatic heterocycles. The van der Waals surface area contributed by atoms with Crippen LogP contribution < -0.4 is 5.73 Å². The van der Waals surface area contributed by atoms with Gasteiger partial charge in [-0.3, -0.25) is 0 Å². The van der Waals surface area contributed by atoms with Crippen LogP contribution in [-0.2, 0) is 20.9 Å². The zero-order chi connectivity index (χ0) is 16.8. The van der Waals surface area contributed by atoms with Gasteiger partial charge in [-0.1, -0.05) is 42.5 Å². The lowest BCUT2D eigenvalue weighted by molar-refractivity contribution is -0.149. The first-order valence-electron chi connectivity index (χ1n) is 7.08. The number of nitrogen functional groups attached to an aromatic ring is 1. The van der Waals surface area contributed by atoms with Gasteiger partial charge in [0.25, 0.3) is 0 Å². The Morgan fingerprint density at radius 1 is 1.30 bits per heavy atom. The molecule has 0 bridgehead atoms. The molecule has 0 amide bonds. The first-order valence-corrected chi connectivity index (χ1v) is 7.08. The van der Waals surface area contributed by atoms with Crippen LogP contribution >= 0.6 is 0 Å². The molecule has 122 valence electrons. The van der Waals surface area contributed by atoms with Gasteiger partial charge < -0.3 is 15.2 Å². The number of ether oxygens (including phenoxy) is 2. The minimum Gasteiger partial charge on any atom is -0.464 e. The van der Waals surface area contributed by atoms with Crippen molar-refractivity contribution in [3.8, 4) is 0 Å². The molecule has 8 heteroatoms. The lowest BCUT2D eigenvalue weighted by Crippen LogP contribution is -2.24. The first kappa shape index (κ1) is 16.5. The number of aromatic nitrogens is 3. The molecule has 2 N–H and O–H groups in total. The number of rotatable bonds is 6. The van der Waals surface area contributed by atoms with Crippen molar-refractivity contribution >= 4 is 17.8 Å². The van der Waals surface area contributed by atoms with Gasteiger partial charge in [-0.05, 0) is 12.0 Å². The SMILES string of the molecule is CCC(C(=O)OCc1ccccc1)n1nnc(C(=O)OC)c1N. The average molecular weight is 318 g/mol. The Bertz CT molecular complexity index is 684. The van der Waals surface area contributed by atoms with Crippen molar-refractivity contribution in [3.05, 3.63) is 41.6 Å². The van der Waals surface area contributed by atoms with Crippen LogP contribution in [0.2, 0.25) is 0 Å². The van der Waals surface area contributed by atoms with Crippen LogP contribution in [0.5, 0.6) is 0 Å². The Kier molecular flexibility index (Phi) is 5.29. The van der Waals surface area contributed by atoms with E-state index in [4.69, 9.17) is 10.5 Å². The molecule has 1 unspecified atom stereocenters. The summed E-state index contributed by atoms with van der Waals surface area (Å²) in [6.45, 7) is 1.93. The zero-order valence-electron chi connectivity index (χ0n) is 12.9. The van der Waals surface area contributed by atoms with E-state index in [9.17, 15) is 9.59 Å². The number of nitrogens with zero attached hydrogens (tertiary/aromatic N) is 3. The highest BCUT2D eigenvalue weighted by Crippen LogP contribution is 2.20. The first-order chi connectivity index (χ1) is 11.1. The van der Waals surface area contributed by atoms with E-state index in [0.29, 0.717) is 6.42 Å². The lowest BCUT2D eigenvalue weighted by atomic mass is 10.2. The van der Waals surface area contributed by atoms with Crippen molar-refractivity contribution in [2.75, 3.05) is 12.8 Å². The third-order valence-corrected chi connectivity index (χ3v) is 3.29. The second kappa shape index (κ2) is 7.39. The van der Waals surface area contributed by atoms with Crippen molar-refractivity contribution < 1.29 is 19.1 Å². The van der Waals surface area contributed by atoms with Crippen molar-refractivity contribution in [2.24, 2.45) is 0 Å². The highest BCUT2D eigenvalue weighted by atomic mass is 16.5. The second-order valence-electron chi connectivity index (χ2n) is 4.78. The van der Waals surface area contributed by atoms with Crippen LogP contribution in [0.3, 0.4) is 0 Å². The Balaban J connectivity index is 2.11. The molecule has 0 fully saturated rings. The average Bonchev–Trinajstić information content (AvgIpc) is 2.95. The largest absolute Gasteiger partial charge is 0.464 e. The molecule has 0 aliphatic carbocycles. The normalized spacial score (nSPS) is 11.7. The van der Waals surface area contributed by atoms with E-state index in [0.717, 1.165) is 5.56 Å². The highest BCUT2D eigenvalue weighted by Gasteiger charge is 2.27. The predicted octanol–water partition coefficient (Wildman–Crippen LogP) is 1.34. The summed E-state index contributed by atoms with van der Waals surface area (Å²) in [5.74, 6) is -1.23. The molecule has 8 nitrogen and oxygen atoms in total. The van der Waals surface area contributed by atoms with Gasteiger partial charge in [-0.2, -0.15) is 0 Å². The summed E-state index contributed by atoms with van der Waals surface area (Å²) >= 11 is 0. The Labute approximate surface area is 133 Å². The summed E-state index contributed by atoms with van der Waals surface area (Å²) < 4.78 is 11.0. The van der Waals surface area contributed by atoms with Gasteiger partial charge in [0.15, 0.2) is 11.9 Å². The molecule has 1 atom stereocenters. The minimum atomic E-state index is -0.760. The molecule has 23 heavy (non-hydrogen) atoms. The fraction of sp³-hybridized carbons (Fsp3) is 0.333. The topological polar surface area (TPSA) is 109 Å². The molecule has 1 aromatic heterocycles. The number of methoxy groups -OCH3 is 1. The van der Waals surface area contributed by atoms with Gasteiger partial charge in [-0.15, -0.1) is 5.10 Å². The van der Waals surface area contributed by atoms with Crippen molar-refractivity contribution in [3.63, 3.8) is 0 Å². The van der Waals surface area contributed by atoms with Gasteiger partial charge in [0.05, 0.1) is 7.11 Å². The van der Waals surface area contributed by atoms with Gasteiger partial charge >= 0.3 is 11.9 Å². The van der Waals surface area contributed by atoms with Crippen LogP contribution in [0.1, 0.15) is 35.4 Å². The maximum Gasteiger partial charge on any atom is 0.362 e. The number of carbonyl (C=O) groups excluding carboxylic acids is 2. The molecule has 0 saturated carbocycles. The van der Waals surface area contributed by atoms with Crippen molar-refractivity contribution in [1.29, 1.82) is 0 Å². The number of esters is 2. The van der Waals surface area contributed by atoms with Gasteiger partial charge in [0.1, 0.15) is 6.61 Å². The van der Waals surface area contributed by atoms with E-state index in [-0.39, 0.29) is 18.1 Å². The van der Waals surface area contributed by atoms with Crippen LogP contribution in [0.25, 0.3) is 0 Å². The summed E-state index contributed by atoms with van der Waals surface area (Å²) in [4.78, 5) is 23.8. The quantitative estimate of drug-likeness (QED) is 0.800. The molecule has 0 spiro atoms. The Morgan fingerprint density at radius 2 is 2.00 bits per heavy atom. The zero-order valence-corrected chi connectivity index (χ0v) is 12.9. The van der Waals surface area contributed by atoms with E-state index in [1.807, 2.05) is 30.3 Å². The number of nitrogens with two attached hydrogens (primary N) is 1. The van der Waals surface area contributed by atoms with E-state index >= 15 is 0 Å². The van der Waals surface area contributed by atoms with Gasteiger partial charge in [0.2, 0.25) is 5.69 Å². The maximum absolute atomic E-state index is 12.3. The van der Waals surface area contributed by atoms with Crippen LogP contribution in [-0.4, -0.2) is 34.0 Å². The number of hydrogen-bond acceptors (Lipinski definition) is 7. The number of carbonyl (C=O) groups is 2. The third kappa shape index (κ3) is 3.65. The lowest BCUT2D eigenvalue weighted by Gasteiger charge is -2.15. The van der Waals surface area contributed by atoms with Crippen LogP contribution in [0.15, 0.2) is 30.3 Å². The third-order valence-electron chi connectivity index (χ3n) is 3.29. The Morgan fingerprint density at radius 3 is 2.61 bits per heavy atom. The molecular formula is C15H18N4O4. The number of anilines is 1. The summed E-state index contributed by atoms with van der Waals surface area (Å²) in [5, 5.41) is 7.43. The molecule has 0 aliphatic rings. The summed E-state index contributed by atoms with van der Waals surface area (Å²) in [7, 11) is 1.21. The van der Waals surface area contributed by atoms with E-state index in [1.54, 1.807) is 6.92 Å². The summed E-state index contributed by atoms with van der Waals surface area (Å²) in [6.07, 6.45) is 0.391. The fourth-order valence-electron chi connectivity index (χ4n) is 2.04. The minimum absolute atomic E-state index is 0.0274. The molecule has 1 heterocycles. The van der Waals surface area contributed by atoms with Crippen LogP contribution in [0, 0.1) is 0 Å². The monoisotopic (exact) mass is 318 g/mol. The molecular weight excluding hydrogens is 300 g/mol. The summed E-state index contributed by atoms with van der Waals surface area (Å²) in [6, 6.07) is 8.55. The number of hydrogen-bond donors (Lipinski definition) is 1. The molecule has 0 radical (unpaired) electrons. The van der Waals surface area contributed by atoms with Crippen LogP contribution in [0.4, 0.5) is 5.82 Å². The van der Waals surface area contributed by atoms with E-state index in [2.05, 4.69) is 15.0 Å². The second-order valence-corrected chi connectivity index (χ2v) is 4.78. The highest BCUT2D eigenvalue weighted by molar-refractivity contribution is 5.92. The van der Waals surface area contributed by atoms with Crippen molar-refractivity contribution in [1.82, 2.24) is 15.0 Å². The number of benzene rings is 1. The summed E-state index contributed by atoms with van der Waals surface area (Å²) in [5.41, 5.74) is 6.58. The standard InChI is InChI=1S/C15H18N4O4/c1-3-11(14(20)23-9-10-7-5-4-6-8-10)19-13(16)12(17-18-19)15(21)22-2/h4-8,11H,3,9,16H2,1-2H3. The molecule has 1 aromatic carbocycles. The van der Waals surface area contributed by atoms with Crippen molar-refractivity contribution in [2.45, 2.75) is 26.0 Å². The molecule has 2 rings (SSSR count). The smallest absolute Gasteiger partial charge is 0.362 e. The predicted molar refractivity (Wildman–Crippen MR) is 81.3 cm³/mol. The van der Waals surface area contributed by atoms with Gasteiger partial charge in [-0.25, -0.2) is 14.3 Å². The molecule has 2 aromatic rings. The Hall–Kier alpha value is -2.90. The van der Waals surface area contributed by atoms with E-state index in [1.165, 1.54) is 11.8 Å². The van der Waals surface area contributed by atoms with Gasteiger partial charge in [0, 0.05) is 0 Å². The van der Waals surface area contributed by atoms with E-state index < -0.39 is 18.0 Å². The maximum atomic E-state index is 12.3. The molecule has 0 saturated heterocycles. The fourth-order valence-corrected chi connectivity index (χ4v) is 2.04.